The van der Waals surface area contributed by atoms with Gasteiger partial charge in [0.15, 0.2) is 0 Å². The fraction of sp³-hybridized carbons (Fsp3) is 0.333. The van der Waals surface area contributed by atoms with Gasteiger partial charge in [-0.1, -0.05) is 19.1 Å². The largest absolute Gasteiger partial charge is 0.480 e. The topological polar surface area (TPSA) is 61.1 Å². The predicted octanol–water partition coefficient (Wildman–Crippen LogP) is 2.65. The van der Waals surface area contributed by atoms with Gasteiger partial charge in [0.25, 0.3) is 0 Å². The van der Waals surface area contributed by atoms with Gasteiger partial charge in [-0.05, 0) is 24.1 Å². The number of hydrogen-bond donors (Lipinski definition) is 1. The molecule has 1 aromatic carbocycles. The molecule has 0 fully saturated rings. The van der Waals surface area contributed by atoms with E-state index < -0.39 is 5.97 Å². The maximum absolute atomic E-state index is 10.8. The van der Waals surface area contributed by atoms with Gasteiger partial charge in [0, 0.05) is 5.75 Å². The van der Waals surface area contributed by atoms with Crippen molar-refractivity contribution in [2.24, 2.45) is 0 Å². The number of benzene rings is 1. The van der Waals surface area contributed by atoms with Crippen LogP contribution in [-0.4, -0.2) is 16.3 Å². The molecule has 1 N–H and O–H groups in total. The Balaban J connectivity index is 2.54. The molecule has 4 heteroatoms. The third-order valence-corrected chi connectivity index (χ3v) is 3.62. The first-order valence-electron chi connectivity index (χ1n) is 5.00. The van der Waals surface area contributed by atoms with Gasteiger partial charge in [0.2, 0.25) is 0 Å². The van der Waals surface area contributed by atoms with Gasteiger partial charge in [-0.2, -0.15) is 5.26 Å². The zero-order valence-corrected chi connectivity index (χ0v) is 9.83. The van der Waals surface area contributed by atoms with Crippen LogP contribution >= 0.6 is 11.8 Å². The fourth-order valence-electron chi connectivity index (χ4n) is 1.24. The minimum absolute atomic E-state index is 0.351. The van der Waals surface area contributed by atoms with Crippen LogP contribution in [0.5, 0.6) is 0 Å². The van der Waals surface area contributed by atoms with E-state index in [1.165, 1.54) is 11.8 Å². The lowest BCUT2D eigenvalue weighted by Crippen LogP contribution is -2.14. The highest BCUT2D eigenvalue weighted by molar-refractivity contribution is 7.99. The molecular weight excluding hydrogens is 222 g/mol. The van der Waals surface area contributed by atoms with Crippen LogP contribution in [0, 0.1) is 11.3 Å². The molecule has 0 heterocycles. The van der Waals surface area contributed by atoms with Gasteiger partial charge in [-0.15, -0.1) is 11.8 Å². The molecule has 0 radical (unpaired) electrons. The second-order valence-corrected chi connectivity index (χ2v) is 4.55. The van der Waals surface area contributed by atoms with Crippen molar-refractivity contribution in [2.75, 3.05) is 0 Å². The van der Waals surface area contributed by atoms with Crippen LogP contribution in [0.4, 0.5) is 0 Å². The van der Waals surface area contributed by atoms with Gasteiger partial charge in [0.1, 0.15) is 5.25 Å². The van der Waals surface area contributed by atoms with Crippen molar-refractivity contribution in [1.29, 1.82) is 5.26 Å². The molecule has 0 aliphatic heterocycles. The number of carboxylic acids is 1. The number of hydrogen-bond acceptors (Lipinski definition) is 3. The lowest BCUT2D eigenvalue weighted by molar-refractivity contribution is -0.136. The molecule has 0 aliphatic rings. The maximum atomic E-state index is 10.8. The Bertz CT molecular complexity index is 394. The molecular formula is C12H13NO2S. The molecule has 0 saturated carbocycles. The number of carbonyl (C=O) groups is 1. The number of thioether (sulfide) groups is 1. The van der Waals surface area contributed by atoms with E-state index in [0.717, 1.165) is 5.56 Å². The SMILES string of the molecule is CCC(SCc1ccc(C#N)cc1)C(=O)O. The van der Waals surface area contributed by atoms with Crippen LogP contribution in [0.25, 0.3) is 0 Å². The summed E-state index contributed by atoms with van der Waals surface area (Å²) in [6, 6.07) is 9.27. The van der Waals surface area contributed by atoms with Crippen molar-refractivity contribution in [2.45, 2.75) is 24.3 Å². The molecule has 0 spiro atoms. The number of nitriles is 1. The maximum Gasteiger partial charge on any atom is 0.316 e. The Morgan fingerprint density at radius 3 is 2.56 bits per heavy atom. The minimum atomic E-state index is -0.763. The Kier molecular flexibility index (Phi) is 4.87. The third-order valence-electron chi connectivity index (χ3n) is 2.18. The average Bonchev–Trinajstić information content (AvgIpc) is 2.30. The van der Waals surface area contributed by atoms with Crippen LogP contribution in [-0.2, 0) is 10.5 Å². The summed E-state index contributed by atoms with van der Waals surface area (Å²) in [5.41, 5.74) is 1.67. The zero-order valence-electron chi connectivity index (χ0n) is 9.01. The lowest BCUT2D eigenvalue weighted by Gasteiger charge is -2.08. The van der Waals surface area contributed by atoms with Gasteiger partial charge in [-0.25, -0.2) is 0 Å². The van der Waals surface area contributed by atoms with E-state index in [-0.39, 0.29) is 5.25 Å². The van der Waals surface area contributed by atoms with Crippen LogP contribution in [0.3, 0.4) is 0 Å². The standard InChI is InChI=1S/C12H13NO2S/c1-2-11(12(14)15)16-8-10-5-3-9(7-13)4-6-10/h3-6,11H,2,8H2,1H3,(H,14,15). The van der Waals surface area contributed by atoms with E-state index in [0.29, 0.717) is 17.7 Å². The first kappa shape index (κ1) is 12.6. The molecule has 3 nitrogen and oxygen atoms in total. The molecule has 0 saturated heterocycles. The summed E-state index contributed by atoms with van der Waals surface area (Å²) in [5.74, 6) is -0.0996. The van der Waals surface area contributed by atoms with Crippen LogP contribution in [0.2, 0.25) is 0 Å². The Hall–Kier alpha value is -1.47. The Labute approximate surface area is 99.1 Å². The number of carboxylic acid groups (broad SMARTS) is 1. The van der Waals surface area contributed by atoms with Gasteiger partial charge in [-0.3, -0.25) is 4.79 Å². The molecule has 16 heavy (non-hydrogen) atoms. The molecule has 1 unspecified atom stereocenters. The molecule has 84 valence electrons. The highest BCUT2D eigenvalue weighted by Gasteiger charge is 2.14. The normalized spacial score (nSPS) is 11.8. The summed E-state index contributed by atoms with van der Waals surface area (Å²) >= 11 is 1.41. The number of aliphatic carboxylic acids is 1. The Morgan fingerprint density at radius 2 is 2.12 bits per heavy atom. The second kappa shape index (κ2) is 6.19. The summed E-state index contributed by atoms with van der Waals surface area (Å²) < 4.78 is 0. The average molecular weight is 235 g/mol. The molecule has 1 atom stereocenters. The van der Waals surface area contributed by atoms with E-state index >= 15 is 0 Å². The summed E-state index contributed by atoms with van der Waals surface area (Å²) in [6.07, 6.45) is 0.621. The molecule has 0 amide bonds. The summed E-state index contributed by atoms with van der Waals surface area (Å²) in [6.45, 7) is 1.87. The predicted molar refractivity (Wildman–Crippen MR) is 64.2 cm³/mol. The van der Waals surface area contributed by atoms with Crippen LogP contribution in [0.15, 0.2) is 24.3 Å². The summed E-state index contributed by atoms with van der Waals surface area (Å²) in [5, 5.41) is 17.1. The van der Waals surface area contributed by atoms with Crippen LogP contribution < -0.4 is 0 Å². The van der Waals surface area contributed by atoms with Crippen molar-refractivity contribution in [3.63, 3.8) is 0 Å². The first-order chi connectivity index (χ1) is 7.67. The van der Waals surface area contributed by atoms with E-state index in [4.69, 9.17) is 10.4 Å². The smallest absolute Gasteiger partial charge is 0.316 e. The minimum Gasteiger partial charge on any atom is -0.480 e. The summed E-state index contributed by atoms with van der Waals surface area (Å²) in [4.78, 5) is 10.8. The fourth-order valence-corrected chi connectivity index (χ4v) is 2.20. The Morgan fingerprint density at radius 1 is 1.50 bits per heavy atom. The molecule has 1 rings (SSSR count). The highest BCUT2D eigenvalue weighted by Crippen LogP contribution is 2.20. The molecule has 0 aromatic heterocycles. The van der Waals surface area contributed by atoms with Gasteiger partial charge in [0.05, 0.1) is 11.6 Å². The van der Waals surface area contributed by atoms with Crippen molar-refractivity contribution < 1.29 is 9.90 Å². The van der Waals surface area contributed by atoms with Gasteiger partial charge < -0.3 is 5.11 Å². The molecule has 0 bridgehead atoms. The van der Waals surface area contributed by atoms with Crippen molar-refractivity contribution in [1.82, 2.24) is 0 Å². The highest BCUT2D eigenvalue weighted by atomic mass is 32.2. The van der Waals surface area contributed by atoms with Crippen molar-refractivity contribution in [3.05, 3.63) is 35.4 Å². The van der Waals surface area contributed by atoms with Crippen LogP contribution in [0.1, 0.15) is 24.5 Å². The summed E-state index contributed by atoms with van der Waals surface area (Å²) in [7, 11) is 0. The zero-order chi connectivity index (χ0) is 12.0. The van der Waals surface area contributed by atoms with E-state index in [2.05, 4.69) is 0 Å². The quantitative estimate of drug-likeness (QED) is 0.852. The van der Waals surface area contributed by atoms with Gasteiger partial charge >= 0.3 is 5.97 Å². The van der Waals surface area contributed by atoms with E-state index in [9.17, 15) is 4.79 Å². The van der Waals surface area contributed by atoms with E-state index in [1.54, 1.807) is 12.1 Å². The second-order valence-electron chi connectivity index (χ2n) is 3.35. The third kappa shape index (κ3) is 3.59. The van der Waals surface area contributed by atoms with Crippen molar-refractivity contribution in [3.8, 4) is 6.07 Å². The van der Waals surface area contributed by atoms with E-state index in [1.807, 2.05) is 25.1 Å². The monoisotopic (exact) mass is 235 g/mol. The number of rotatable bonds is 5. The number of nitrogens with zero attached hydrogens (tertiary/aromatic N) is 1. The lowest BCUT2D eigenvalue weighted by atomic mass is 10.2. The molecule has 0 aliphatic carbocycles. The van der Waals surface area contributed by atoms with Crippen molar-refractivity contribution >= 4 is 17.7 Å². The first-order valence-corrected chi connectivity index (χ1v) is 6.05. The molecule has 1 aromatic rings.